The quantitative estimate of drug-likeness (QED) is 0.877. The summed E-state index contributed by atoms with van der Waals surface area (Å²) in [6, 6.07) is 7.94. The summed E-state index contributed by atoms with van der Waals surface area (Å²) in [5, 5.41) is 8.96. The average Bonchev–Trinajstić information content (AvgIpc) is 2.92. The second kappa shape index (κ2) is 6.90. The molecule has 2 rings (SSSR count). The van der Waals surface area contributed by atoms with Crippen LogP contribution in [0.4, 0.5) is 13.2 Å². The maximum Gasteiger partial charge on any atom is 0.417 e. The first kappa shape index (κ1) is 19.0. The van der Waals surface area contributed by atoms with Crippen LogP contribution in [-0.2, 0) is 23.2 Å². The predicted molar refractivity (Wildman–Crippen MR) is 86.0 cm³/mol. The number of rotatable bonds is 5. The molecule has 0 atom stereocenters. The van der Waals surface area contributed by atoms with E-state index in [1.807, 2.05) is 6.07 Å². The number of sulfonamides is 1. The summed E-state index contributed by atoms with van der Waals surface area (Å²) in [5.41, 5.74) is -0.406. The Hall–Kier alpha value is -2.31. The first-order chi connectivity index (χ1) is 11.6. The van der Waals surface area contributed by atoms with Crippen molar-refractivity contribution in [2.75, 3.05) is 6.54 Å². The van der Waals surface area contributed by atoms with E-state index in [0.29, 0.717) is 12.1 Å². The third-order valence-corrected chi connectivity index (χ3v) is 5.17. The van der Waals surface area contributed by atoms with Crippen molar-refractivity contribution in [3.63, 3.8) is 0 Å². The van der Waals surface area contributed by atoms with Crippen molar-refractivity contribution >= 4 is 10.0 Å². The molecule has 1 aromatic heterocycles. The fraction of sp³-hybridized carbons (Fsp3) is 0.312. The zero-order chi connectivity index (χ0) is 18.8. The molecular formula is C16H16F3N3O2S. The smallest absolute Gasteiger partial charge is 0.335 e. The summed E-state index contributed by atoms with van der Waals surface area (Å²) < 4.78 is 68.2. The van der Waals surface area contributed by atoms with Crippen LogP contribution >= 0.6 is 0 Å². The lowest BCUT2D eigenvalue weighted by atomic mass is 10.1. The molecule has 1 aromatic carbocycles. The summed E-state index contributed by atoms with van der Waals surface area (Å²) in [6.07, 6.45) is -4.38. The molecule has 0 saturated heterocycles. The highest BCUT2D eigenvalue weighted by atomic mass is 32.2. The minimum absolute atomic E-state index is 0.0464. The monoisotopic (exact) mass is 371 g/mol. The molecule has 0 aliphatic rings. The normalized spacial score (nSPS) is 12.2. The molecule has 0 aliphatic carbocycles. The van der Waals surface area contributed by atoms with Gasteiger partial charge in [0.05, 0.1) is 10.5 Å². The fourth-order valence-electron chi connectivity index (χ4n) is 2.37. The van der Waals surface area contributed by atoms with Gasteiger partial charge in [-0.2, -0.15) is 18.4 Å². The minimum atomic E-state index is -4.84. The molecule has 0 fully saturated rings. The van der Waals surface area contributed by atoms with Gasteiger partial charge in [0.2, 0.25) is 10.0 Å². The van der Waals surface area contributed by atoms with Crippen molar-refractivity contribution in [1.82, 2.24) is 9.29 Å². The summed E-state index contributed by atoms with van der Waals surface area (Å²) in [5.74, 6) is 0. The van der Waals surface area contributed by atoms with Crippen LogP contribution in [0.2, 0.25) is 0 Å². The zero-order valence-corrected chi connectivity index (χ0v) is 14.4. The Bertz CT molecular complexity index is 925. The van der Waals surface area contributed by atoms with Gasteiger partial charge in [-0.05, 0) is 36.2 Å². The highest BCUT2D eigenvalue weighted by molar-refractivity contribution is 7.89. The number of benzene rings is 1. The third kappa shape index (κ3) is 3.86. The van der Waals surface area contributed by atoms with E-state index >= 15 is 0 Å². The van der Waals surface area contributed by atoms with Gasteiger partial charge in [0.1, 0.15) is 11.8 Å². The number of nitriles is 1. The molecule has 0 aliphatic heterocycles. The molecule has 25 heavy (non-hydrogen) atoms. The lowest BCUT2D eigenvalue weighted by Crippen LogP contribution is -2.27. The molecule has 0 saturated carbocycles. The Morgan fingerprint density at radius 3 is 2.44 bits per heavy atom. The van der Waals surface area contributed by atoms with Crippen molar-refractivity contribution in [2.45, 2.75) is 24.4 Å². The van der Waals surface area contributed by atoms with Crippen LogP contribution in [0.5, 0.6) is 0 Å². The fourth-order valence-corrected chi connectivity index (χ4v) is 3.71. The number of hydrogen-bond donors (Lipinski definition) is 1. The summed E-state index contributed by atoms with van der Waals surface area (Å²) >= 11 is 0. The molecule has 1 heterocycles. The summed E-state index contributed by atoms with van der Waals surface area (Å²) in [6.45, 7) is 1.75. The average molecular weight is 371 g/mol. The third-order valence-electron chi connectivity index (χ3n) is 3.65. The molecular weight excluding hydrogens is 355 g/mol. The first-order valence-electron chi connectivity index (χ1n) is 7.39. The van der Waals surface area contributed by atoms with Crippen LogP contribution in [0.1, 0.15) is 24.6 Å². The van der Waals surface area contributed by atoms with Crippen LogP contribution in [0, 0.1) is 11.3 Å². The molecule has 1 N–H and O–H groups in total. The van der Waals surface area contributed by atoms with Crippen LogP contribution in [0.3, 0.4) is 0 Å². The Kier molecular flexibility index (Phi) is 5.25. The van der Waals surface area contributed by atoms with Gasteiger partial charge in [-0.15, -0.1) is 0 Å². The molecule has 0 unspecified atom stereocenters. The van der Waals surface area contributed by atoms with Crippen molar-refractivity contribution in [3.8, 4) is 17.3 Å². The van der Waals surface area contributed by atoms with Crippen LogP contribution in [-0.4, -0.2) is 19.5 Å². The molecule has 5 nitrogen and oxygen atoms in total. The molecule has 134 valence electrons. The number of nitrogens with one attached hydrogen (secondary N) is 1. The van der Waals surface area contributed by atoms with Crippen LogP contribution < -0.4 is 4.72 Å². The number of hydrogen-bond acceptors (Lipinski definition) is 3. The molecule has 0 radical (unpaired) electrons. The Balaban J connectivity index is 2.63. The van der Waals surface area contributed by atoms with Crippen LogP contribution in [0.25, 0.3) is 11.3 Å². The van der Waals surface area contributed by atoms with Gasteiger partial charge in [-0.1, -0.05) is 13.0 Å². The maximum absolute atomic E-state index is 13.4. The van der Waals surface area contributed by atoms with E-state index in [0.717, 1.165) is 12.1 Å². The van der Waals surface area contributed by atoms with Crippen molar-refractivity contribution < 1.29 is 21.6 Å². The topological polar surface area (TPSA) is 74.9 Å². The van der Waals surface area contributed by atoms with Crippen molar-refractivity contribution in [1.29, 1.82) is 5.26 Å². The first-order valence-corrected chi connectivity index (χ1v) is 8.87. The van der Waals surface area contributed by atoms with Crippen LogP contribution in [0.15, 0.2) is 35.2 Å². The molecule has 2 aromatic rings. The maximum atomic E-state index is 13.4. The second-order valence-electron chi connectivity index (χ2n) is 5.38. The van der Waals surface area contributed by atoms with E-state index in [-0.39, 0.29) is 17.8 Å². The summed E-state index contributed by atoms with van der Waals surface area (Å²) in [7, 11) is -2.72. The molecule has 0 amide bonds. The van der Waals surface area contributed by atoms with Gasteiger partial charge in [0, 0.05) is 19.3 Å². The van der Waals surface area contributed by atoms with E-state index in [9.17, 15) is 21.6 Å². The van der Waals surface area contributed by atoms with Gasteiger partial charge in [-0.3, -0.25) is 0 Å². The Labute approximate surface area is 143 Å². The largest absolute Gasteiger partial charge is 0.417 e. The number of nitrogens with zero attached hydrogens (tertiary/aromatic N) is 2. The lowest BCUT2D eigenvalue weighted by Gasteiger charge is -2.15. The van der Waals surface area contributed by atoms with Gasteiger partial charge < -0.3 is 4.57 Å². The van der Waals surface area contributed by atoms with E-state index in [1.54, 1.807) is 14.0 Å². The Morgan fingerprint density at radius 2 is 1.92 bits per heavy atom. The predicted octanol–water partition coefficient (Wildman–Crippen LogP) is 3.27. The van der Waals surface area contributed by atoms with Gasteiger partial charge in [0.15, 0.2) is 0 Å². The standard InChI is InChI=1S/C16H16F3N3O2S/c1-3-8-21-25(23,24)15-7-4-11(9-13(15)16(17,18)19)14-6-5-12(10-20)22(14)2/h4-7,9,21H,3,8H2,1-2H3. The highest BCUT2D eigenvalue weighted by Crippen LogP contribution is 2.37. The SMILES string of the molecule is CCCNS(=O)(=O)c1ccc(-c2ccc(C#N)n2C)cc1C(F)(F)F. The van der Waals surface area contributed by atoms with Gasteiger partial charge in [-0.25, -0.2) is 13.1 Å². The van der Waals surface area contributed by atoms with Crippen molar-refractivity contribution in [2.24, 2.45) is 7.05 Å². The molecule has 0 bridgehead atoms. The van der Waals surface area contributed by atoms with E-state index in [1.165, 1.54) is 22.8 Å². The van der Waals surface area contributed by atoms with E-state index in [2.05, 4.69) is 4.72 Å². The summed E-state index contributed by atoms with van der Waals surface area (Å²) in [4.78, 5) is -0.813. The molecule has 9 heteroatoms. The number of halogens is 3. The van der Waals surface area contributed by atoms with E-state index in [4.69, 9.17) is 5.26 Å². The number of alkyl halides is 3. The number of aromatic nitrogens is 1. The molecule has 0 spiro atoms. The Morgan fingerprint density at radius 1 is 1.24 bits per heavy atom. The minimum Gasteiger partial charge on any atom is -0.335 e. The van der Waals surface area contributed by atoms with Gasteiger partial charge >= 0.3 is 6.18 Å². The van der Waals surface area contributed by atoms with E-state index < -0.39 is 26.7 Å². The lowest BCUT2D eigenvalue weighted by molar-refractivity contribution is -0.139. The second-order valence-corrected chi connectivity index (χ2v) is 7.12. The van der Waals surface area contributed by atoms with Crippen molar-refractivity contribution in [3.05, 3.63) is 41.6 Å². The zero-order valence-electron chi connectivity index (χ0n) is 13.6. The highest BCUT2D eigenvalue weighted by Gasteiger charge is 2.37. The van der Waals surface area contributed by atoms with Gasteiger partial charge in [0.25, 0.3) is 0 Å².